The molecular formula is C16H28IN3O3. The Morgan fingerprint density at radius 1 is 1.04 bits per heavy atom. The Labute approximate surface area is 156 Å². The maximum atomic E-state index is 5.35. The number of halogens is 1. The third-order valence-corrected chi connectivity index (χ3v) is 3.23. The number of aliphatic imine (C=N–C) groups is 1. The van der Waals surface area contributed by atoms with E-state index >= 15 is 0 Å². The fraction of sp³-hybridized carbons (Fsp3) is 0.562. The molecule has 23 heavy (non-hydrogen) atoms. The van der Waals surface area contributed by atoms with Gasteiger partial charge in [-0.25, -0.2) is 0 Å². The van der Waals surface area contributed by atoms with E-state index in [1.807, 2.05) is 12.1 Å². The van der Waals surface area contributed by atoms with Gasteiger partial charge in [0.15, 0.2) is 17.5 Å². The number of rotatable bonds is 8. The Balaban J connectivity index is 0.00000484. The number of unbranched alkanes of at least 4 members (excludes halogenated alkanes) is 1. The van der Waals surface area contributed by atoms with Crippen LogP contribution in [0.3, 0.4) is 0 Å². The van der Waals surface area contributed by atoms with Crippen LogP contribution in [0.15, 0.2) is 17.1 Å². The van der Waals surface area contributed by atoms with Gasteiger partial charge in [0, 0.05) is 20.1 Å². The van der Waals surface area contributed by atoms with Gasteiger partial charge in [-0.3, -0.25) is 4.99 Å². The van der Waals surface area contributed by atoms with Crippen molar-refractivity contribution in [1.82, 2.24) is 10.6 Å². The van der Waals surface area contributed by atoms with Crippen molar-refractivity contribution >= 4 is 29.9 Å². The fourth-order valence-corrected chi connectivity index (χ4v) is 2.03. The Hall–Kier alpha value is -1.38. The normalized spacial score (nSPS) is 10.6. The number of guanidine groups is 1. The van der Waals surface area contributed by atoms with Crippen molar-refractivity contribution in [1.29, 1.82) is 0 Å². The molecule has 0 aromatic heterocycles. The molecular weight excluding hydrogens is 409 g/mol. The number of methoxy groups -OCH3 is 3. The smallest absolute Gasteiger partial charge is 0.203 e. The molecule has 0 fully saturated rings. The molecule has 0 radical (unpaired) electrons. The second kappa shape index (κ2) is 12.1. The summed E-state index contributed by atoms with van der Waals surface area (Å²) in [6.45, 7) is 3.68. The third kappa shape index (κ3) is 6.72. The zero-order valence-corrected chi connectivity index (χ0v) is 16.9. The molecule has 7 heteroatoms. The van der Waals surface area contributed by atoms with Crippen molar-refractivity contribution in [3.05, 3.63) is 17.7 Å². The molecule has 0 aliphatic rings. The first-order valence-corrected chi connectivity index (χ1v) is 7.43. The number of nitrogens with zero attached hydrogens (tertiary/aromatic N) is 1. The Kier molecular flexibility index (Phi) is 11.4. The van der Waals surface area contributed by atoms with Crippen molar-refractivity contribution in [3.63, 3.8) is 0 Å². The lowest BCUT2D eigenvalue weighted by Gasteiger charge is -2.15. The molecule has 0 saturated carbocycles. The topological polar surface area (TPSA) is 64.1 Å². The minimum atomic E-state index is 0. The first-order chi connectivity index (χ1) is 10.7. The average Bonchev–Trinajstić information content (AvgIpc) is 2.56. The van der Waals surface area contributed by atoms with Gasteiger partial charge in [-0.1, -0.05) is 13.3 Å². The second-order valence-electron chi connectivity index (χ2n) is 4.74. The zero-order chi connectivity index (χ0) is 16.4. The maximum absolute atomic E-state index is 5.35. The monoisotopic (exact) mass is 437 g/mol. The quantitative estimate of drug-likeness (QED) is 0.284. The van der Waals surface area contributed by atoms with Crippen LogP contribution < -0.4 is 24.8 Å². The van der Waals surface area contributed by atoms with Gasteiger partial charge in [0.2, 0.25) is 5.75 Å². The van der Waals surface area contributed by atoms with E-state index in [0.717, 1.165) is 30.9 Å². The average molecular weight is 437 g/mol. The van der Waals surface area contributed by atoms with Crippen LogP contribution in [0.5, 0.6) is 17.2 Å². The van der Waals surface area contributed by atoms with Gasteiger partial charge in [-0.15, -0.1) is 24.0 Å². The highest BCUT2D eigenvalue weighted by Gasteiger charge is 2.13. The number of hydrogen-bond donors (Lipinski definition) is 2. The largest absolute Gasteiger partial charge is 0.493 e. The molecule has 0 heterocycles. The summed E-state index contributed by atoms with van der Waals surface area (Å²) >= 11 is 0. The molecule has 0 atom stereocenters. The van der Waals surface area contributed by atoms with Crippen LogP contribution in [-0.4, -0.2) is 40.9 Å². The highest BCUT2D eigenvalue weighted by molar-refractivity contribution is 14.0. The van der Waals surface area contributed by atoms with Crippen molar-refractivity contribution in [2.45, 2.75) is 26.3 Å². The van der Waals surface area contributed by atoms with Crippen LogP contribution in [-0.2, 0) is 6.54 Å². The molecule has 6 nitrogen and oxygen atoms in total. The Morgan fingerprint density at radius 2 is 1.65 bits per heavy atom. The zero-order valence-electron chi connectivity index (χ0n) is 14.6. The van der Waals surface area contributed by atoms with Crippen LogP contribution >= 0.6 is 24.0 Å². The van der Waals surface area contributed by atoms with E-state index in [9.17, 15) is 0 Å². The van der Waals surface area contributed by atoms with Gasteiger partial charge in [0.1, 0.15) is 0 Å². The number of benzene rings is 1. The summed E-state index contributed by atoms with van der Waals surface area (Å²) in [5, 5.41) is 6.54. The van der Waals surface area contributed by atoms with Crippen LogP contribution in [0.4, 0.5) is 0 Å². The Bertz CT molecular complexity index is 470. The number of nitrogens with one attached hydrogen (secondary N) is 2. The van der Waals surface area contributed by atoms with Gasteiger partial charge >= 0.3 is 0 Å². The molecule has 0 bridgehead atoms. The van der Waals surface area contributed by atoms with E-state index in [1.54, 1.807) is 28.4 Å². The van der Waals surface area contributed by atoms with E-state index in [-0.39, 0.29) is 24.0 Å². The second-order valence-corrected chi connectivity index (χ2v) is 4.74. The van der Waals surface area contributed by atoms with Gasteiger partial charge < -0.3 is 24.8 Å². The third-order valence-electron chi connectivity index (χ3n) is 3.23. The first-order valence-electron chi connectivity index (χ1n) is 7.43. The molecule has 0 saturated heterocycles. The highest BCUT2D eigenvalue weighted by atomic mass is 127. The minimum Gasteiger partial charge on any atom is -0.493 e. The molecule has 0 aliphatic heterocycles. The molecule has 0 aliphatic carbocycles. The van der Waals surface area contributed by atoms with E-state index in [1.165, 1.54) is 0 Å². The summed E-state index contributed by atoms with van der Waals surface area (Å²) in [5.74, 6) is 2.67. The molecule has 1 aromatic carbocycles. The fourth-order valence-electron chi connectivity index (χ4n) is 2.03. The van der Waals surface area contributed by atoms with Crippen molar-refractivity contribution < 1.29 is 14.2 Å². The van der Waals surface area contributed by atoms with E-state index < -0.39 is 0 Å². The lowest BCUT2D eigenvalue weighted by atomic mass is 10.2. The molecule has 1 rings (SSSR count). The summed E-state index contributed by atoms with van der Waals surface area (Å²) in [5.41, 5.74) is 1.02. The molecule has 0 unspecified atom stereocenters. The standard InChI is InChI=1S/C16H27N3O3.HI/c1-6-7-8-18-16(17-2)19-11-12-9-13(20-3)15(22-5)14(10-12)21-4;/h9-10H,6-8,11H2,1-5H3,(H2,17,18,19);1H. The SMILES string of the molecule is CCCCNC(=NC)NCc1cc(OC)c(OC)c(OC)c1.I. The summed E-state index contributed by atoms with van der Waals surface area (Å²) in [4.78, 5) is 4.20. The summed E-state index contributed by atoms with van der Waals surface area (Å²) < 4.78 is 16.0. The Morgan fingerprint density at radius 3 is 2.09 bits per heavy atom. The van der Waals surface area contributed by atoms with Crippen molar-refractivity contribution in [2.75, 3.05) is 34.9 Å². The van der Waals surface area contributed by atoms with Crippen molar-refractivity contribution in [3.8, 4) is 17.2 Å². The van der Waals surface area contributed by atoms with E-state index in [0.29, 0.717) is 23.8 Å². The summed E-state index contributed by atoms with van der Waals surface area (Å²) in [6, 6.07) is 3.85. The highest BCUT2D eigenvalue weighted by Crippen LogP contribution is 2.38. The van der Waals surface area contributed by atoms with E-state index in [4.69, 9.17) is 14.2 Å². The molecule has 1 aromatic rings. The van der Waals surface area contributed by atoms with Crippen LogP contribution in [0.1, 0.15) is 25.3 Å². The molecule has 0 spiro atoms. The summed E-state index contributed by atoms with van der Waals surface area (Å²) in [7, 11) is 6.58. The molecule has 0 amide bonds. The number of hydrogen-bond acceptors (Lipinski definition) is 4. The van der Waals surface area contributed by atoms with Gasteiger partial charge in [-0.2, -0.15) is 0 Å². The van der Waals surface area contributed by atoms with Gasteiger partial charge in [0.05, 0.1) is 21.3 Å². The van der Waals surface area contributed by atoms with Gasteiger partial charge in [0.25, 0.3) is 0 Å². The lowest BCUT2D eigenvalue weighted by molar-refractivity contribution is 0.323. The molecule has 2 N–H and O–H groups in total. The van der Waals surface area contributed by atoms with Crippen LogP contribution in [0.25, 0.3) is 0 Å². The van der Waals surface area contributed by atoms with Gasteiger partial charge in [-0.05, 0) is 24.1 Å². The lowest BCUT2D eigenvalue weighted by Crippen LogP contribution is -2.37. The number of ether oxygens (including phenoxy) is 3. The maximum Gasteiger partial charge on any atom is 0.203 e. The summed E-state index contributed by atoms with van der Waals surface area (Å²) in [6.07, 6.45) is 2.27. The van der Waals surface area contributed by atoms with E-state index in [2.05, 4.69) is 22.5 Å². The van der Waals surface area contributed by atoms with Crippen LogP contribution in [0, 0.1) is 0 Å². The van der Waals surface area contributed by atoms with Crippen LogP contribution in [0.2, 0.25) is 0 Å². The van der Waals surface area contributed by atoms with Crippen molar-refractivity contribution in [2.24, 2.45) is 4.99 Å². The molecule has 132 valence electrons. The first kappa shape index (κ1) is 21.6. The predicted molar refractivity (Wildman–Crippen MR) is 105 cm³/mol. The minimum absolute atomic E-state index is 0. The predicted octanol–water partition coefficient (Wildman–Crippen LogP) is 2.80.